The SMILES string of the molecule is CNc1c(C)c(C(OC(C)(C)C)C(=O)O)c(-c2ccc3c(c2)CCCO3)c(C)c1-c1cnc2ccccc2c1. The molecule has 0 spiro atoms. The lowest BCUT2D eigenvalue weighted by atomic mass is 9.82. The number of hydrogen-bond donors (Lipinski definition) is 2. The van der Waals surface area contributed by atoms with E-state index in [0.29, 0.717) is 12.2 Å². The molecule has 3 aromatic carbocycles. The Morgan fingerprint density at radius 1 is 1.05 bits per heavy atom. The third-order valence-electron chi connectivity index (χ3n) is 7.33. The van der Waals surface area contributed by atoms with Crippen LogP contribution >= 0.6 is 0 Å². The molecular formula is C33H36N2O4. The molecule has 0 saturated carbocycles. The molecule has 1 atom stereocenters. The number of carboxylic acid groups (broad SMARTS) is 1. The van der Waals surface area contributed by atoms with Crippen molar-refractivity contribution in [3.63, 3.8) is 0 Å². The smallest absolute Gasteiger partial charge is 0.337 e. The number of para-hydroxylation sites is 1. The maximum Gasteiger partial charge on any atom is 0.337 e. The van der Waals surface area contributed by atoms with Gasteiger partial charge in [-0.3, -0.25) is 4.98 Å². The molecule has 1 aliphatic rings. The van der Waals surface area contributed by atoms with Crippen molar-refractivity contribution < 1.29 is 19.4 Å². The predicted octanol–water partition coefficient (Wildman–Crippen LogP) is 7.49. The summed E-state index contributed by atoms with van der Waals surface area (Å²) in [5, 5.41) is 14.9. The molecule has 0 amide bonds. The molecule has 1 aromatic heterocycles. The van der Waals surface area contributed by atoms with E-state index in [9.17, 15) is 9.90 Å². The van der Waals surface area contributed by atoms with Gasteiger partial charge in [0.05, 0.1) is 17.7 Å². The van der Waals surface area contributed by atoms with Crippen molar-refractivity contribution >= 4 is 22.6 Å². The monoisotopic (exact) mass is 524 g/mol. The number of fused-ring (bicyclic) bond motifs is 2. The quantitative estimate of drug-likeness (QED) is 0.272. The third-order valence-corrected chi connectivity index (χ3v) is 7.33. The number of carboxylic acids is 1. The Bertz CT molecular complexity index is 1570. The summed E-state index contributed by atoms with van der Waals surface area (Å²) >= 11 is 0. The number of nitrogens with one attached hydrogen (secondary N) is 1. The van der Waals surface area contributed by atoms with Gasteiger partial charge in [-0.1, -0.05) is 24.3 Å². The van der Waals surface area contributed by atoms with Crippen LogP contribution in [-0.2, 0) is 16.0 Å². The molecule has 202 valence electrons. The van der Waals surface area contributed by atoms with Crippen molar-refractivity contribution in [1.82, 2.24) is 4.98 Å². The molecule has 0 aliphatic carbocycles. The van der Waals surface area contributed by atoms with Gasteiger partial charge in [-0.2, -0.15) is 0 Å². The molecule has 5 rings (SSSR count). The normalized spacial score (nSPS) is 14.0. The van der Waals surface area contributed by atoms with Crippen LogP contribution in [0.1, 0.15) is 55.5 Å². The molecule has 0 saturated heterocycles. The van der Waals surface area contributed by atoms with Gasteiger partial charge in [0.1, 0.15) is 5.75 Å². The summed E-state index contributed by atoms with van der Waals surface area (Å²) in [5.41, 5.74) is 8.54. The second kappa shape index (κ2) is 10.3. The second-order valence-electron chi connectivity index (χ2n) is 11.2. The highest BCUT2D eigenvalue weighted by molar-refractivity contribution is 5.96. The Balaban J connectivity index is 1.85. The van der Waals surface area contributed by atoms with Crippen LogP contribution in [0.3, 0.4) is 0 Å². The number of nitrogens with zero attached hydrogens (tertiary/aromatic N) is 1. The average molecular weight is 525 g/mol. The molecule has 6 nitrogen and oxygen atoms in total. The molecular weight excluding hydrogens is 488 g/mol. The lowest BCUT2D eigenvalue weighted by molar-refractivity contribution is -0.160. The number of carbonyl (C=O) groups is 1. The molecule has 0 radical (unpaired) electrons. The van der Waals surface area contributed by atoms with Crippen molar-refractivity contribution in [2.45, 2.75) is 59.2 Å². The summed E-state index contributed by atoms with van der Waals surface area (Å²) in [5.74, 6) is -0.121. The first kappa shape index (κ1) is 26.7. The minimum absolute atomic E-state index is 0.661. The maximum atomic E-state index is 12.8. The van der Waals surface area contributed by atoms with Crippen LogP contribution in [0.15, 0.2) is 54.7 Å². The second-order valence-corrected chi connectivity index (χ2v) is 11.2. The summed E-state index contributed by atoms with van der Waals surface area (Å²) in [7, 11) is 1.87. The van der Waals surface area contributed by atoms with Gasteiger partial charge in [-0.25, -0.2) is 4.79 Å². The molecule has 4 aromatic rings. The minimum Gasteiger partial charge on any atom is -0.493 e. The van der Waals surface area contributed by atoms with E-state index in [1.807, 2.05) is 71.3 Å². The van der Waals surface area contributed by atoms with Gasteiger partial charge in [0.2, 0.25) is 0 Å². The Hall–Kier alpha value is -3.90. The van der Waals surface area contributed by atoms with Crippen LogP contribution in [0.4, 0.5) is 5.69 Å². The Morgan fingerprint density at radius 3 is 2.54 bits per heavy atom. The number of aliphatic carboxylic acids is 1. The molecule has 0 fully saturated rings. The minimum atomic E-state index is -1.15. The van der Waals surface area contributed by atoms with E-state index in [4.69, 9.17) is 14.5 Å². The zero-order chi connectivity index (χ0) is 27.9. The zero-order valence-corrected chi connectivity index (χ0v) is 23.5. The van der Waals surface area contributed by atoms with Crippen LogP contribution in [-0.4, -0.2) is 35.3 Å². The van der Waals surface area contributed by atoms with E-state index < -0.39 is 17.7 Å². The maximum absolute atomic E-state index is 12.8. The largest absolute Gasteiger partial charge is 0.493 e. The Labute approximate surface area is 230 Å². The number of anilines is 1. The van der Waals surface area contributed by atoms with Crippen LogP contribution in [0.25, 0.3) is 33.2 Å². The van der Waals surface area contributed by atoms with Gasteiger partial charge < -0.3 is 19.9 Å². The molecule has 1 unspecified atom stereocenters. The van der Waals surface area contributed by atoms with Gasteiger partial charge >= 0.3 is 5.97 Å². The molecule has 2 heterocycles. The summed E-state index contributed by atoms with van der Waals surface area (Å²) in [6.07, 6.45) is 2.63. The number of ether oxygens (including phenoxy) is 2. The summed E-state index contributed by atoms with van der Waals surface area (Å²) in [6.45, 7) is 10.4. The highest BCUT2D eigenvalue weighted by Gasteiger charge is 2.34. The fourth-order valence-corrected chi connectivity index (χ4v) is 5.71. The molecule has 2 N–H and O–H groups in total. The zero-order valence-electron chi connectivity index (χ0n) is 23.5. The number of pyridine rings is 1. The highest BCUT2D eigenvalue weighted by Crippen LogP contribution is 2.47. The lowest BCUT2D eigenvalue weighted by Gasteiger charge is -2.31. The predicted molar refractivity (Wildman–Crippen MR) is 157 cm³/mol. The van der Waals surface area contributed by atoms with Crippen LogP contribution in [0.5, 0.6) is 5.75 Å². The van der Waals surface area contributed by atoms with Crippen molar-refractivity contribution in [2.24, 2.45) is 0 Å². The summed E-state index contributed by atoms with van der Waals surface area (Å²) < 4.78 is 12.1. The number of aromatic nitrogens is 1. The van der Waals surface area contributed by atoms with Gasteiger partial charge in [0.25, 0.3) is 0 Å². The van der Waals surface area contributed by atoms with Crippen molar-refractivity contribution in [3.05, 3.63) is 77.0 Å². The van der Waals surface area contributed by atoms with E-state index in [0.717, 1.165) is 74.1 Å². The van der Waals surface area contributed by atoms with Gasteiger partial charge in [0.15, 0.2) is 6.10 Å². The summed E-state index contributed by atoms with van der Waals surface area (Å²) in [6, 6.07) is 16.4. The van der Waals surface area contributed by atoms with Gasteiger partial charge in [-0.15, -0.1) is 0 Å². The lowest BCUT2D eigenvalue weighted by Crippen LogP contribution is -2.28. The number of benzene rings is 3. The number of aryl methyl sites for hydroxylation is 1. The van der Waals surface area contributed by atoms with Crippen LogP contribution in [0, 0.1) is 13.8 Å². The topological polar surface area (TPSA) is 80.7 Å². The molecule has 0 bridgehead atoms. The van der Waals surface area contributed by atoms with Gasteiger partial charge in [-0.05, 0) is 99.5 Å². The van der Waals surface area contributed by atoms with E-state index in [2.05, 4.69) is 30.4 Å². The van der Waals surface area contributed by atoms with E-state index in [-0.39, 0.29) is 0 Å². The van der Waals surface area contributed by atoms with E-state index >= 15 is 0 Å². The van der Waals surface area contributed by atoms with E-state index in [1.165, 1.54) is 0 Å². The van der Waals surface area contributed by atoms with Crippen molar-refractivity contribution in [2.75, 3.05) is 19.0 Å². The standard InChI is InChI=1S/C33H36N2O4/c1-19-27(23-13-14-26-22(17-23)11-9-15-38-26)29(31(32(36)37)39-33(3,4)5)20(2)30(34-6)28(19)24-16-21-10-7-8-12-25(21)35-18-24/h7-8,10,12-14,16-18,31,34H,9,11,15H2,1-6H3,(H,36,37). The van der Waals surface area contributed by atoms with Crippen LogP contribution < -0.4 is 10.1 Å². The Kier molecular flexibility index (Phi) is 7.08. The van der Waals surface area contributed by atoms with Gasteiger partial charge in [0, 0.05) is 41.0 Å². The first-order valence-electron chi connectivity index (χ1n) is 13.5. The van der Waals surface area contributed by atoms with Crippen molar-refractivity contribution in [3.8, 4) is 28.0 Å². The van der Waals surface area contributed by atoms with Crippen molar-refractivity contribution in [1.29, 1.82) is 0 Å². The average Bonchev–Trinajstić information content (AvgIpc) is 2.91. The third kappa shape index (κ3) is 5.09. The molecule has 6 heteroatoms. The summed E-state index contributed by atoms with van der Waals surface area (Å²) in [4.78, 5) is 17.5. The first-order chi connectivity index (χ1) is 18.6. The number of hydrogen-bond acceptors (Lipinski definition) is 5. The first-order valence-corrected chi connectivity index (χ1v) is 13.5. The Morgan fingerprint density at radius 2 is 1.82 bits per heavy atom. The van der Waals surface area contributed by atoms with E-state index in [1.54, 1.807) is 0 Å². The molecule has 39 heavy (non-hydrogen) atoms. The highest BCUT2D eigenvalue weighted by atomic mass is 16.5. The number of rotatable bonds is 6. The fraction of sp³-hybridized carbons (Fsp3) is 0.333. The fourth-order valence-electron chi connectivity index (χ4n) is 5.71. The van der Waals surface area contributed by atoms with Crippen LogP contribution in [0.2, 0.25) is 0 Å². The molecule has 1 aliphatic heterocycles.